The summed E-state index contributed by atoms with van der Waals surface area (Å²) in [4.78, 5) is 11.8. The molecule has 0 heterocycles. The Balaban J connectivity index is 2.05. The summed E-state index contributed by atoms with van der Waals surface area (Å²) < 4.78 is 0. The van der Waals surface area contributed by atoms with Crippen LogP contribution < -0.4 is 16.4 Å². The molecule has 18 heavy (non-hydrogen) atoms. The average molecular weight is 247 g/mol. The summed E-state index contributed by atoms with van der Waals surface area (Å²) >= 11 is 0. The lowest BCUT2D eigenvalue weighted by Gasteiger charge is -2.15. The highest BCUT2D eigenvalue weighted by Crippen LogP contribution is 2.23. The fourth-order valence-electron chi connectivity index (χ4n) is 1.70. The van der Waals surface area contributed by atoms with Crippen LogP contribution in [-0.2, 0) is 0 Å². The molecule has 1 fully saturated rings. The van der Waals surface area contributed by atoms with Crippen molar-refractivity contribution in [1.82, 2.24) is 5.32 Å². The van der Waals surface area contributed by atoms with E-state index in [2.05, 4.69) is 24.5 Å². The molecule has 1 atom stereocenters. The van der Waals surface area contributed by atoms with Gasteiger partial charge >= 0.3 is 0 Å². The van der Waals surface area contributed by atoms with Crippen molar-refractivity contribution in [3.8, 4) is 0 Å². The summed E-state index contributed by atoms with van der Waals surface area (Å²) in [6.07, 6.45) is 3.22. The van der Waals surface area contributed by atoms with Gasteiger partial charge in [0.25, 0.3) is 5.91 Å². The van der Waals surface area contributed by atoms with Crippen molar-refractivity contribution < 1.29 is 4.79 Å². The molecule has 0 aliphatic heterocycles. The summed E-state index contributed by atoms with van der Waals surface area (Å²) in [5.41, 5.74) is 8.12. The molecule has 4 heteroatoms. The third-order valence-corrected chi connectivity index (χ3v) is 3.24. The Morgan fingerprint density at radius 2 is 2.22 bits per heavy atom. The van der Waals surface area contributed by atoms with Gasteiger partial charge in [-0.25, -0.2) is 0 Å². The van der Waals surface area contributed by atoms with Crippen molar-refractivity contribution in [3.63, 3.8) is 0 Å². The monoisotopic (exact) mass is 247 g/mol. The number of amides is 1. The number of hydrogen-bond acceptors (Lipinski definition) is 3. The van der Waals surface area contributed by atoms with Gasteiger partial charge in [0.1, 0.15) is 0 Å². The predicted molar refractivity (Wildman–Crippen MR) is 74.7 cm³/mol. The first-order valence-electron chi connectivity index (χ1n) is 6.57. The number of anilines is 2. The molecular weight excluding hydrogens is 226 g/mol. The number of carbonyl (C=O) groups excluding carboxylic acids is 1. The van der Waals surface area contributed by atoms with Crippen molar-refractivity contribution in [3.05, 3.63) is 23.8 Å². The third kappa shape index (κ3) is 3.15. The molecule has 1 amide bonds. The zero-order valence-corrected chi connectivity index (χ0v) is 11.0. The summed E-state index contributed by atoms with van der Waals surface area (Å²) in [5, 5.41) is 6.28. The van der Waals surface area contributed by atoms with Gasteiger partial charge in [-0.15, -0.1) is 0 Å². The van der Waals surface area contributed by atoms with Gasteiger partial charge < -0.3 is 16.4 Å². The Bertz CT molecular complexity index is 441. The van der Waals surface area contributed by atoms with Crippen molar-refractivity contribution in [2.75, 3.05) is 11.1 Å². The van der Waals surface area contributed by atoms with E-state index < -0.39 is 0 Å². The van der Waals surface area contributed by atoms with E-state index in [1.54, 1.807) is 6.07 Å². The van der Waals surface area contributed by atoms with E-state index in [0.29, 0.717) is 23.3 Å². The Labute approximate surface area is 108 Å². The van der Waals surface area contributed by atoms with Gasteiger partial charge in [0.2, 0.25) is 0 Å². The van der Waals surface area contributed by atoms with E-state index in [4.69, 9.17) is 5.73 Å². The number of nitrogen functional groups attached to an aromatic ring is 1. The van der Waals surface area contributed by atoms with E-state index in [1.165, 1.54) is 0 Å². The second-order valence-electron chi connectivity index (χ2n) is 5.00. The molecular formula is C14H21N3O. The van der Waals surface area contributed by atoms with E-state index in [-0.39, 0.29) is 5.91 Å². The van der Waals surface area contributed by atoms with E-state index in [1.807, 2.05) is 12.1 Å². The Hall–Kier alpha value is -1.71. The van der Waals surface area contributed by atoms with Gasteiger partial charge in [0, 0.05) is 17.6 Å². The highest BCUT2D eigenvalue weighted by molar-refractivity contribution is 5.96. The number of carbonyl (C=O) groups is 1. The average Bonchev–Trinajstić information content (AvgIpc) is 3.15. The standard InChI is InChI=1S/C14H21N3O/c1-3-9(2)16-13-7-4-10(8-12(13)15)14(18)17-11-5-6-11/h4,7-9,11,16H,3,5-6,15H2,1-2H3,(H,17,18)/t9-/m0/s1. The lowest BCUT2D eigenvalue weighted by molar-refractivity contribution is 0.0951. The molecule has 1 aromatic carbocycles. The predicted octanol–water partition coefficient (Wildman–Crippen LogP) is 2.37. The lowest BCUT2D eigenvalue weighted by atomic mass is 10.1. The quantitative estimate of drug-likeness (QED) is 0.700. The van der Waals surface area contributed by atoms with Crippen LogP contribution in [-0.4, -0.2) is 18.0 Å². The second kappa shape index (κ2) is 5.29. The van der Waals surface area contributed by atoms with Crippen LogP contribution in [0.2, 0.25) is 0 Å². The fraction of sp³-hybridized carbons (Fsp3) is 0.500. The normalized spacial score (nSPS) is 16.1. The molecule has 0 radical (unpaired) electrons. The third-order valence-electron chi connectivity index (χ3n) is 3.24. The maximum atomic E-state index is 11.8. The molecule has 0 unspecified atom stereocenters. The first-order valence-corrected chi connectivity index (χ1v) is 6.57. The zero-order valence-electron chi connectivity index (χ0n) is 11.0. The number of benzene rings is 1. The highest BCUT2D eigenvalue weighted by Gasteiger charge is 2.23. The van der Waals surface area contributed by atoms with E-state index in [9.17, 15) is 4.79 Å². The van der Waals surface area contributed by atoms with Crippen LogP contribution in [0.25, 0.3) is 0 Å². The van der Waals surface area contributed by atoms with Gasteiger partial charge in [-0.3, -0.25) is 4.79 Å². The smallest absolute Gasteiger partial charge is 0.251 e. The summed E-state index contributed by atoms with van der Waals surface area (Å²) in [7, 11) is 0. The van der Waals surface area contributed by atoms with Crippen LogP contribution in [0.15, 0.2) is 18.2 Å². The van der Waals surface area contributed by atoms with Gasteiger partial charge in [-0.2, -0.15) is 0 Å². The Morgan fingerprint density at radius 3 is 2.78 bits per heavy atom. The molecule has 0 spiro atoms. The molecule has 98 valence electrons. The Kier molecular flexibility index (Phi) is 3.75. The molecule has 4 nitrogen and oxygen atoms in total. The molecule has 1 aromatic rings. The number of rotatable bonds is 5. The molecule has 0 aromatic heterocycles. The SMILES string of the molecule is CC[C@H](C)Nc1ccc(C(=O)NC2CC2)cc1N. The highest BCUT2D eigenvalue weighted by atomic mass is 16.1. The molecule has 1 aliphatic rings. The number of nitrogens with one attached hydrogen (secondary N) is 2. The molecule has 0 saturated heterocycles. The second-order valence-corrected chi connectivity index (χ2v) is 5.00. The van der Waals surface area contributed by atoms with E-state index in [0.717, 1.165) is 24.9 Å². The first-order chi connectivity index (χ1) is 8.60. The van der Waals surface area contributed by atoms with Gasteiger partial charge in [0.05, 0.1) is 11.4 Å². The van der Waals surface area contributed by atoms with Gasteiger partial charge in [0.15, 0.2) is 0 Å². The minimum Gasteiger partial charge on any atom is -0.397 e. The Morgan fingerprint density at radius 1 is 1.50 bits per heavy atom. The van der Waals surface area contributed by atoms with Gasteiger partial charge in [-0.05, 0) is 44.4 Å². The van der Waals surface area contributed by atoms with Crippen LogP contribution in [0.1, 0.15) is 43.5 Å². The van der Waals surface area contributed by atoms with Crippen LogP contribution in [0, 0.1) is 0 Å². The van der Waals surface area contributed by atoms with Gasteiger partial charge in [-0.1, -0.05) is 6.92 Å². The van der Waals surface area contributed by atoms with Crippen LogP contribution >= 0.6 is 0 Å². The first kappa shape index (κ1) is 12.7. The van der Waals surface area contributed by atoms with Crippen LogP contribution in [0.4, 0.5) is 11.4 Å². The van der Waals surface area contributed by atoms with Crippen LogP contribution in [0.5, 0.6) is 0 Å². The summed E-state index contributed by atoms with van der Waals surface area (Å²) in [6.45, 7) is 4.22. The zero-order chi connectivity index (χ0) is 13.1. The number of hydrogen-bond donors (Lipinski definition) is 3. The maximum Gasteiger partial charge on any atom is 0.251 e. The van der Waals surface area contributed by atoms with Crippen molar-refractivity contribution >= 4 is 17.3 Å². The lowest BCUT2D eigenvalue weighted by Crippen LogP contribution is -2.25. The molecule has 1 aliphatic carbocycles. The maximum absolute atomic E-state index is 11.8. The molecule has 0 bridgehead atoms. The minimum absolute atomic E-state index is 0.0284. The van der Waals surface area contributed by atoms with E-state index >= 15 is 0 Å². The topological polar surface area (TPSA) is 67.2 Å². The molecule has 1 saturated carbocycles. The molecule has 4 N–H and O–H groups in total. The summed E-state index contributed by atoms with van der Waals surface area (Å²) in [6, 6.07) is 6.18. The van der Waals surface area contributed by atoms with Crippen molar-refractivity contribution in [1.29, 1.82) is 0 Å². The minimum atomic E-state index is -0.0284. The largest absolute Gasteiger partial charge is 0.397 e. The van der Waals surface area contributed by atoms with Crippen molar-refractivity contribution in [2.45, 2.75) is 45.2 Å². The number of nitrogens with two attached hydrogens (primary N) is 1. The fourth-order valence-corrected chi connectivity index (χ4v) is 1.70. The van der Waals surface area contributed by atoms with Crippen LogP contribution in [0.3, 0.4) is 0 Å². The van der Waals surface area contributed by atoms with Crippen molar-refractivity contribution in [2.24, 2.45) is 0 Å². The summed E-state index contributed by atoms with van der Waals surface area (Å²) in [5.74, 6) is -0.0284. The molecule has 2 rings (SSSR count).